The number of nitrogens with one attached hydrogen (secondary N) is 1. The highest BCUT2D eigenvalue weighted by Gasteiger charge is 2.41. The molecule has 0 aromatic carbocycles. The standard InChI is InChI=1S/C18H22N2O3S.C2HF3O2/c21-18(19-10-14-2-1-8-22-14)17-4-3-15-16(23-17)5-7-20(15)11-13-6-9-24-12-13;3-2(4,5)1(6)7/h1-2,6,8-9,12,15-17H,3-5,7,10-11H2,(H,19,21);(H,6,7)/t15-,16-,17-;/m1./s1. The van der Waals surface area contributed by atoms with Gasteiger partial charge in [-0.3, -0.25) is 9.69 Å². The van der Waals surface area contributed by atoms with Gasteiger partial charge in [0.15, 0.2) is 0 Å². The van der Waals surface area contributed by atoms with Gasteiger partial charge in [-0.1, -0.05) is 0 Å². The van der Waals surface area contributed by atoms with Crippen LogP contribution >= 0.6 is 11.3 Å². The minimum atomic E-state index is -5.08. The van der Waals surface area contributed by atoms with Gasteiger partial charge in [0.2, 0.25) is 5.91 Å². The molecule has 31 heavy (non-hydrogen) atoms. The van der Waals surface area contributed by atoms with Crippen LogP contribution in [0.2, 0.25) is 0 Å². The third-order valence-electron chi connectivity index (χ3n) is 5.18. The number of ether oxygens (including phenoxy) is 1. The smallest absolute Gasteiger partial charge is 0.475 e. The van der Waals surface area contributed by atoms with Crippen molar-refractivity contribution in [3.05, 3.63) is 46.5 Å². The number of rotatable bonds is 5. The molecule has 4 heterocycles. The molecule has 2 fully saturated rings. The second kappa shape index (κ2) is 10.3. The van der Waals surface area contributed by atoms with E-state index in [1.54, 1.807) is 17.6 Å². The number of carboxylic acid groups (broad SMARTS) is 1. The summed E-state index contributed by atoms with van der Waals surface area (Å²) in [6.07, 6.45) is -0.807. The lowest BCUT2D eigenvalue weighted by Crippen LogP contribution is -2.47. The van der Waals surface area contributed by atoms with Gasteiger partial charge in [-0.2, -0.15) is 24.5 Å². The molecule has 0 unspecified atom stereocenters. The maximum absolute atomic E-state index is 12.3. The average molecular weight is 460 g/mol. The average Bonchev–Trinajstić information content (AvgIpc) is 3.49. The molecule has 0 radical (unpaired) electrons. The van der Waals surface area contributed by atoms with E-state index in [9.17, 15) is 18.0 Å². The Labute approximate surface area is 180 Å². The first-order chi connectivity index (χ1) is 14.7. The van der Waals surface area contributed by atoms with Crippen LogP contribution in [0.5, 0.6) is 0 Å². The zero-order valence-electron chi connectivity index (χ0n) is 16.5. The van der Waals surface area contributed by atoms with E-state index < -0.39 is 12.1 Å². The van der Waals surface area contributed by atoms with E-state index in [0.717, 1.165) is 38.1 Å². The molecule has 0 saturated carbocycles. The first kappa shape index (κ1) is 23.3. The predicted molar refractivity (Wildman–Crippen MR) is 105 cm³/mol. The molecule has 2 saturated heterocycles. The number of furan rings is 1. The molecular formula is C20H23F3N2O5S. The van der Waals surface area contributed by atoms with Crippen molar-refractivity contribution in [2.24, 2.45) is 0 Å². The number of nitrogens with zero attached hydrogens (tertiary/aromatic N) is 1. The van der Waals surface area contributed by atoms with E-state index in [1.807, 2.05) is 12.1 Å². The van der Waals surface area contributed by atoms with Crippen molar-refractivity contribution in [1.82, 2.24) is 10.2 Å². The van der Waals surface area contributed by atoms with Crippen LogP contribution in [-0.2, 0) is 27.4 Å². The van der Waals surface area contributed by atoms with Crippen molar-refractivity contribution in [2.45, 2.75) is 56.8 Å². The second-order valence-electron chi connectivity index (χ2n) is 7.30. The van der Waals surface area contributed by atoms with Crippen LogP contribution in [0.3, 0.4) is 0 Å². The fourth-order valence-electron chi connectivity index (χ4n) is 3.72. The molecule has 2 aromatic heterocycles. The quantitative estimate of drug-likeness (QED) is 0.711. The van der Waals surface area contributed by atoms with Crippen LogP contribution in [-0.4, -0.2) is 52.9 Å². The highest BCUT2D eigenvalue weighted by molar-refractivity contribution is 7.07. The molecule has 170 valence electrons. The molecule has 0 aliphatic carbocycles. The maximum Gasteiger partial charge on any atom is 0.490 e. The van der Waals surface area contributed by atoms with Crippen molar-refractivity contribution >= 4 is 23.2 Å². The van der Waals surface area contributed by atoms with Crippen LogP contribution in [0.25, 0.3) is 0 Å². The van der Waals surface area contributed by atoms with Gasteiger partial charge in [-0.05, 0) is 53.8 Å². The number of carbonyl (C=O) groups is 2. The van der Waals surface area contributed by atoms with Crippen LogP contribution < -0.4 is 5.32 Å². The van der Waals surface area contributed by atoms with Gasteiger partial charge < -0.3 is 19.6 Å². The number of halogens is 3. The minimum absolute atomic E-state index is 0.0267. The molecule has 11 heteroatoms. The second-order valence-corrected chi connectivity index (χ2v) is 8.08. The van der Waals surface area contributed by atoms with Gasteiger partial charge in [0.1, 0.15) is 11.9 Å². The first-order valence-electron chi connectivity index (χ1n) is 9.75. The number of hydrogen-bond acceptors (Lipinski definition) is 6. The molecule has 0 spiro atoms. The monoisotopic (exact) mass is 460 g/mol. The normalized spacial score (nSPS) is 23.5. The molecule has 2 aliphatic rings. The zero-order valence-corrected chi connectivity index (χ0v) is 17.3. The number of likely N-dealkylation sites (tertiary alicyclic amines) is 1. The molecule has 2 N–H and O–H groups in total. The van der Waals surface area contributed by atoms with Crippen LogP contribution in [0.1, 0.15) is 30.6 Å². The van der Waals surface area contributed by atoms with E-state index in [-0.39, 0.29) is 18.1 Å². The lowest BCUT2D eigenvalue weighted by molar-refractivity contribution is -0.192. The van der Waals surface area contributed by atoms with Gasteiger partial charge in [-0.25, -0.2) is 4.79 Å². The minimum Gasteiger partial charge on any atom is -0.475 e. The molecule has 0 bridgehead atoms. The number of thiophene rings is 1. The number of fused-ring (bicyclic) bond motifs is 1. The third-order valence-corrected chi connectivity index (χ3v) is 5.91. The van der Waals surface area contributed by atoms with E-state index in [4.69, 9.17) is 19.1 Å². The Hall–Kier alpha value is -2.37. The summed E-state index contributed by atoms with van der Waals surface area (Å²) in [6, 6.07) is 6.31. The fraction of sp³-hybridized carbons (Fsp3) is 0.500. The van der Waals surface area contributed by atoms with Crippen molar-refractivity contribution in [2.75, 3.05) is 6.54 Å². The summed E-state index contributed by atoms with van der Waals surface area (Å²) in [5.74, 6) is -2.02. The van der Waals surface area contributed by atoms with Crippen LogP contribution in [0, 0.1) is 0 Å². The summed E-state index contributed by atoms with van der Waals surface area (Å²) in [5.41, 5.74) is 1.37. The van der Waals surface area contributed by atoms with Gasteiger partial charge in [0.25, 0.3) is 0 Å². The summed E-state index contributed by atoms with van der Waals surface area (Å²) in [6.45, 7) is 2.46. The molecule has 3 atom stereocenters. The first-order valence-corrected chi connectivity index (χ1v) is 10.7. The Morgan fingerprint density at radius 2 is 2.03 bits per heavy atom. The number of alkyl halides is 3. The predicted octanol–water partition coefficient (Wildman–Crippen LogP) is 3.41. The van der Waals surface area contributed by atoms with Gasteiger partial charge in [-0.15, -0.1) is 0 Å². The van der Waals surface area contributed by atoms with Crippen molar-refractivity contribution < 1.29 is 37.0 Å². The topological polar surface area (TPSA) is 92.0 Å². The lowest BCUT2D eigenvalue weighted by atomic mass is 9.98. The SMILES string of the molecule is O=C(NCc1ccco1)[C@H]1CC[C@@H]2[C@@H](CCN2Cc2ccsc2)O1.O=C(O)C(F)(F)F. The summed E-state index contributed by atoms with van der Waals surface area (Å²) in [4.78, 5) is 23.7. The van der Waals surface area contributed by atoms with Crippen LogP contribution in [0.15, 0.2) is 39.6 Å². The Bertz CT molecular complexity index is 842. The largest absolute Gasteiger partial charge is 0.490 e. The molecule has 2 aromatic rings. The fourth-order valence-corrected chi connectivity index (χ4v) is 4.38. The number of hydrogen-bond donors (Lipinski definition) is 2. The molecular weight excluding hydrogens is 437 g/mol. The van der Waals surface area contributed by atoms with E-state index >= 15 is 0 Å². The molecule has 7 nitrogen and oxygen atoms in total. The maximum atomic E-state index is 12.3. The van der Waals surface area contributed by atoms with E-state index in [0.29, 0.717) is 12.6 Å². The number of amides is 1. The van der Waals surface area contributed by atoms with E-state index in [2.05, 4.69) is 27.0 Å². The van der Waals surface area contributed by atoms with Gasteiger partial charge in [0, 0.05) is 19.1 Å². The van der Waals surface area contributed by atoms with Crippen molar-refractivity contribution in [3.63, 3.8) is 0 Å². The highest BCUT2D eigenvalue weighted by Crippen LogP contribution is 2.32. The Kier molecular flexibility index (Phi) is 7.74. The van der Waals surface area contributed by atoms with Gasteiger partial charge in [0.05, 0.1) is 18.9 Å². The summed E-state index contributed by atoms with van der Waals surface area (Å²) >= 11 is 1.74. The molecule has 4 rings (SSSR count). The lowest BCUT2D eigenvalue weighted by Gasteiger charge is -2.35. The molecule has 2 aliphatic heterocycles. The number of carboxylic acids is 1. The van der Waals surface area contributed by atoms with E-state index in [1.165, 1.54) is 5.56 Å². The van der Waals surface area contributed by atoms with Crippen molar-refractivity contribution in [1.29, 1.82) is 0 Å². The highest BCUT2D eigenvalue weighted by atomic mass is 32.1. The third kappa shape index (κ3) is 6.55. The van der Waals surface area contributed by atoms with Crippen LogP contribution in [0.4, 0.5) is 13.2 Å². The summed E-state index contributed by atoms with van der Waals surface area (Å²) in [5, 5.41) is 14.4. The van der Waals surface area contributed by atoms with Gasteiger partial charge >= 0.3 is 12.1 Å². The zero-order chi connectivity index (χ0) is 22.4. The Balaban J connectivity index is 0.000000339. The summed E-state index contributed by atoms with van der Waals surface area (Å²) < 4.78 is 43.1. The summed E-state index contributed by atoms with van der Waals surface area (Å²) in [7, 11) is 0. The Morgan fingerprint density at radius 1 is 1.26 bits per heavy atom. The number of aliphatic carboxylic acids is 1. The number of carbonyl (C=O) groups excluding carboxylic acids is 1. The molecule has 1 amide bonds. The Morgan fingerprint density at radius 3 is 2.65 bits per heavy atom. The van der Waals surface area contributed by atoms with Crippen molar-refractivity contribution in [3.8, 4) is 0 Å².